The Labute approximate surface area is 127 Å². The van der Waals surface area contributed by atoms with Crippen LogP contribution in [0.2, 0.25) is 0 Å². The predicted molar refractivity (Wildman–Crippen MR) is 84.7 cm³/mol. The van der Waals surface area contributed by atoms with E-state index < -0.39 is 0 Å². The van der Waals surface area contributed by atoms with Crippen molar-refractivity contribution in [3.05, 3.63) is 29.8 Å². The third-order valence-corrected chi connectivity index (χ3v) is 4.47. The number of nitrogens with zero attached hydrogens (tertiary/aromatic N) is 2. The molecule has 0 bridgehead atoms. The van der Waals surface area contributed by atoms with Crippen molar-refractivity contribution in [2.24, 2.45) is 5.92 Å². The van der Waals surface area contributed by atoms with Crippen LogP contribution in [0.1, 0.15) is 51.8 Å². The molecule has 1 aromatic rings. The van der Waals surface area contributed by atoms with Crippen molar-refractivity contribution < 1.29 is 4.39 Å². The summed E-state index contributed by atoms with van der Waals surface area (Å²) in [6.45, 7) is 10.1. The number of rotatable bonds is 7. The molecule has 1 aromatic heterocycles. The number of hydrogen-bond acceptors (Lipinski definition) is 3. The van der Waals surface area contributed by atoms with E-state index >= 15 is 0 Å². The number of likely N-dealkylation sites (tertiary alicyclic amines) is 1. The molecule has 118 valence electrons. The van der Waals surface area contributed by atoms with E-state index in [0.717, 1.165) is 18.7 Å². The SMILES string of the molecule is CCC(NCC(C(C)C)N1CCCC1)c1ccc(F)cn1. The van der Waals surface area contributed by atoms with Crippen LogP contribution in [0.5, 0.6) is 0 Å². The van der Waals surface area contributed by atoms with Crippen molar-refractivity contribution in [1.29, 1.82) is 0 Å². The summed E-state index contributed by atoms with van der Waals surface area (Å²) in [5, 5.41) is 3.64. The maximum atomic E-state index is 13.0. The van der Waals surface area contributed by atoms with Crippen LogP contribution in [0.3, 0.4) is 0 Å². The maximum absolute atomic E-state index is 13.0. The molecule has 1 aliphatic rings. The highest BCUT2D eigenvalue weighted by Crippen LogP contribution is 2.19. The number of halogens is 1. The molecule has 21 heavy (non-hydrogen) atoms. The first-order valence-corrected chi connectivity index (χ1v) is 8.20. The van der Waals surface area contributed by atoms with Gasteiger partial charge in [0.2, 0.25) is 0 Å². The van der Waals surface area contributed by atoms with Crippen molar-refractivity contribution in [3.8, 4) is 0 Å². The largest absolute Gasteiger partial charge is 0.307 e. The molecule has 1 fully saturated rings. The molecule has 1 saturated heterocycles. The van der Waals surface area contributed by atoms with Gasteiger partial charge in [0, 0.05) is 18.6 Å². The van der Waals surface area contributed by atoms with Crippen LogP contribution in [0.4, 0.5) is 4.39 Å². The molecule has 0 aliphatic carbocycles. The minimum atomic E-state index is -0.272. The van der Waals surface area contributed by atoms with E-state index in [0.29, 0.717) is 12.0 Å². The monoisotopic (exact) mass is 293 g/mol. The summed E-state index contributed by atoms with van der Waals surface area (Å²) in [6.07, 6.45) is 4.91. The first-order valence-electron chi connectivity index (χ1n) is 8.20. The summed E-state index contributed by atoms with van der Waals surface area (Å²) in [7, 11) is 0. The quantitative estimate of drug-likeness (QED) is 0.835. The van der Waals surface area contributed by atoms with Gasteiger partial charge >= 0.3 is 0 Å². The Balaban J connectivity index is 1.95. The Kier molecular flexibility index (Phi) is 6.12. The minimum absolute atomic E-state index is 0.203. The molecule has 0 aromatic carbocycles. The van der Waals surface area contributed by atoms with Gasteiger partial charge in [-0.15, -0.1) is 0 Å². The van der Waals surface area contributed by atoms with Crippen LogP contribution in [-0.4, -0.2) is 35.6 Å². The molecular weight excluding hydrogens is 265 g/mol. The lowest BCUT2D eigenvalue weighted by Gasteiger charge is -2.32. The number of pyridine rings is 1. The Morgan fingerprint density at radius 2 is 2.00 bits per heavy atom. The van der Waals surface area contributed by atoms with E-state index in [9.17, 15) is 4.39 Å². The van der Waals surface area contributed by atoms with Crippen LogP contribution >= 0.6 is 0 Å². The highest BCUT2D eigenvalue weighted by Gasteiger charge is 2.25. The summed E-state index contributed by atoms with van der Waals surface area (Å²) in [5.74, 6) is 0.361. The van der Waals surface area contributed by atoms with Gasteiger partial charge in [-0.2, -0.15) is 0 Å². The zero-order chi connectivity index (χ0) is 15.2. The van der Waals surface area contributed by atoms with Gasteiger partial charge in [0.25, 0.3) is 0 Å². The van der Waals surface area contributed by atoms with Crippen LogP contribution < -0.4 is 5.32 Å². The molecule has 4 heteroatoms. The molecule has 0 amide bonds. The second-order valence-corrected chi connectivity index (χ2v) is 6.32. The molecule has 3 nitrogen and oxygen atoms in total. The third kappa shape index (κ3) is 4.48. The van der Waals surface area contributed by atoms with E-state index in [4.69, 9.17) is 0 Å². The van der Waals surface area contributed by atoms with Gasteiger partial charge in [0.05, 0.1) is 11.9 Å². The van der Waals surface area contributed by atoms with Crippen LogP contribution in [-0.2, 0) is 0 Å². The average Bonchev–Trinajstić information content (AvgIpc) is 2.98. The minimum Gasteiger partial charge on any atom is -0.307 e. The van der Waals surface area contributed by atoms with E-state index in [1.54, 1.807) is 6.07 Å². The van der Waals surface area contributed by atoms with Gasteiger partial charge in [0.1, 0.15) is 5.82 Å². The smallest absolute Gasteiger partial charge is 0.141 e. The fraction of sp³-hybridized carbons (Fsp3) is 0.706. The Morgan fingerprint density at radius 3 is 2.52 bits per heavy atom. The summed E-state index contributed by atoms with van der Waals surface area (Å²) in [5.41, 5.74) is 0.933. The summed E-state index contributed by atoms with van der Waals surface area (Å²) < 4.78 is 13.0. The fourth-order valence-corrected chi connectivity index (χ4v) is 3.17. The Morgan fingerprint density at radius 1 is 1.29 bits per heavy atom. The zero-order valence-electron chi connectivity index (χ0n) is 13.5. The van der Waals surface area contributed by atoms with Crippen molar-refractivity contribution in [2.45, 2.75) is 52.1 Å². The van der Waals surface area contributed by atoms with E-state index in [-0.39, 0.29) is 11.9 Å². The molecule has 0 spiro atoms. The van der Waals surface area contributed by atoms with Gasteiger partial charge < -0.3 is 5.32 Å². The van der Waals surface area contributed by atoms with Crippen LogP contribution in [0.25, 0.3) is 0 Å². The summed E-state index contributed by atoms with van der Waals surface area (Å²) in [4.78, 5) is 6.82. The molecule has 2 unspecified atom stereocenters. The summed E-state index contributed by atoms with van der Waals surface area (Å²) >= 11 is 0. The standard InChI is InChI=1S/C17H28FN3/c1-4-15(16-8-7-14(18)11-19-16)20-12-17(13(2)3)21-9-5-6-10-21/h7-8,11,13,15,17,20H,4-6,9-10,12H2,1-3H3. The zero-order valence-corrected chi connectivity index (χ0v) is 13.5. The second-order valence-electron chi connectivity index (χ2n) is 6.32. The van der Waals surface area contributed by atoms with Gasteiger partial charge in [0.15, 0.2) is 0 Å². The number of hydrogen-bond donors (Lipinski definition) is 1. The first-order chi connectivity index (χ1) is 10.1. The highest BCUT2D eigenvalue weighted by molar-refractivity contribution is 5.09. The van der Waals surface area contributed by atoms with Gasteiger partial charge in [-0.05, 0) is 50.4 Å². The molecule has 2 atom stereocenters. The van der Waals surface area contributed by atoms with Crippen molar-refractivity contribution in [2.75, 3.05) is 19.6 Å². The fourth-order valence-electron chi connectivity index (χ4n) is 3.17. The normalized spacial score (nSPS) is 19.1. The number of nitrogens with one attached hydrogen (secondary N) is 1. The van der Waals surface area contributed by atoms with Crippen molar-refractivity contribution in [1.82, 2.24) is 15.2 Å². The second kappa shape index (κ2) is 7.85. The van der Waals surface area contributed by atoms with Gasteiger partial charge in [-0.3, -0.25) is 9.88 Å². The van der Waals surface area contributed by atoms with Gasteiger partial charge in [-0.1, -0.05) is 20.8 Å². The molecule has 2 heterocycles. The Hall–Kier alpha value is -1.00. The lowest BCUT2D eigenvalue weighted by atomic mass is 10.0. The average molecular weight is 293 g/mol. The lowest BCUT2D eigenvalue weighted by Crippen LogP contribution is -2.45. The van der Waals surface area contributed by atoms with E-state index in [1.165, 1.54) is 38.2 Å². The molecular formula is C17H28FN3. The van der Waals surface area contributed by atoms with Crippen molar-refractivity contribution >= 4 is 0 Å². The first kappa shape index (κ1) is 16.4. The van der Waals surface area contributed by atoms with Crippen LogP contribution in [0.15, 0.2) is 18.3 Å². The molecule has 0 saturated carbocycles. The molecule has 1 aliphatic heterocycles. The van der Waals surface area contributed by atoms with E-state index in [2.05, 4.69) is 36.0 Å². The Bertz CT molecular complexity index is 413. The maximum Gasteiger partial charge on any atom is 0.141 e. The van der Waals surface area contributed by atoms with Crippen molar-refractivity contribution in [3.63, 3.8) is 0 Å². The predicted octanol–water partition coefficient (Wildman–Crippen LogP) is 3.38. The van der Waals surface area contributed by atoms with E-state index in [1.807, 2.05) is 0 Å². The highest BCUT2D eigenvalue weighted by atomic mass is 19.1. The summed E-state index contributed by atoms with van der Waals surface area (Å²) in [6, 6.07) is 4.06. The lowest BCUT2D eigenvalue weighted by molar-refractivity contribution is 0.181. The molecule has 1 N–H and O–H groups in total. The molecule has 2 rings (SSSR count). The molecule has 0 radical (unpaired) electrons. The third-order valence-electron chi connectivity index (χ3n) is 4.47. The number of aromatic nitrogens is 1. The topological polar surface area (TPSA) is 28.2 Å². The van der Waals surface area contributed by atoms with Crippen LogP contribution in [0, 0.1) is 11.7 Å². The van der Waals surface area contributed by atoms with Gasteiger partial charge in [-0.25, -0.2) is 4.39 Å².